The summed E-state index contributed by atoms with van der Waals surface area (Å²) < 4.78 is 0. The molecule has 8 atom stereocenters. The zero-order valence-corrected chi connectivity index (χ0v) is 13.8. The van der Waals surface area contributed by atoms with E-state index >= 15 is 0 Å². The largest absolute Gasteiger partial charge is 0.313 e. The molecule has 7 rings (SSSR count). The molecule has 0 aromatic rings. The van der Waals surface area contributed by atoms with E-state index in [-0.39, 0.29) is 11.1 Å². The molecule has 7 saturated heterocycles. The van der Waals surface area contributed by atoms with Crippen LogP contribution in [-0.2, 0) is 0 Å². The Labute approximate surface area is 138 Å². The standard InChI is InChI=1S/C17H30N6/c1-3-16(8-18-6-10(1)22-16)15-12-2-4-17(23-15,9-20-12)14-13-5-11(21-14)7-19-13/h10-15,18-23H,1-9H2. The minimum atomic E-state index is 0.234. The predicted octanol–water partition coefficient (Wildman–Crippen LogP) is -1.75. The first-order chi connectivity index (χ1) is 11.3. The molecule has 6 bridgehead atoms. The molecule has 0 aromatic heterocycles. The van der Waals surface area contributed by atoms with Crippen LogP contribution in [0.3, 0.4) is 0 Å². The molecule has 8 unspecified atom stereocenters. The molecule has 6 nitrogen and oxygen atoms in total. The second-order valence-electron chi connectivity index (χ2n) is 9.06. The van der Waals surface area contributed by atoms with Crippen LogP contribution in [0.5, 0.6) is 0 Å². The summed E-state index contributed by atoms with van der Waals surface area (Å²) >= 11 is 0. The molecule has 0 aliphatic carbocycles. The Morgan fingerprint density at radius 1 is 0.739 bits per heavy atom. The maximum atomic E-state index is 4.21. The summed E-state index contributed by atoms with van der Waals surface area (Å²) in [5.41, 5.74) is 0.496. The SMILES string of the molecule is C1NC2CC1NC2C12CCC(NC1)C(C13CCC(CNC1)N3)N2. The maximum absolute atomic E-state index is 4.21. The molecule has 23 heavy (non-hydrogen) atoms. The van der Waals surface area contributed by atoms with Gasteiger partial charge in [0, 0.05) is 73.5 Å². The Bertz CT molecular complexity index is 499. The molecule has 0 amide bonds. The van der Waals surface area contributed by atoms with Gasteiger partial charge in [0.15, 0.2) is 0 Å². The van der Waals surface area contributed by atoms with Crippen molar-refractivity contribution in [3.63, 3.8) is 0 Å². The van der Waals surface area contributed by atoms with Crippen LogP contribution >= 0.6 is 0 Å². The van der Waals surface area contributed by atoms with E-state index in [9.17, 15) is 0 Å². The van der Waals surface area contributed by atoms with Crippen LogP contribution in [-0.4, -0.2) is 73.5 Å². The van der Waals surface area contributed by atoms with Gasteiger partial charge in [-0.1, -0.05) is 0 Å². The van der Waals surface area contributed by atoms with Crippen molar-refractivity contribution in [2.24, 2.45) is 0 Å². The highest BCUT2D eigenvalue weighted by Crippen LogP contribution is 2.41. The number of piperazine rings is 3. The third-order valence-corrected chi connectivity index (χ3v) is 7.86. The lowest BCUT2D eigenvalue weighted by Crippen LogP contribution is -2.85. The molecule has 7 aliphatic heterocycles. The lowest BCUT2D eigenvalue weighted by atomic mass is 9.68. The van der Waals surface area contributed by atoms with Gasteiger partial charge < -0.3 is 31.9 Å². The van der Waals surface area contributed by atoms with Gasteiger partial charge in [-0.2, -0.15) is 0 Å². The molecule has 7 heterocycles. The van der Waals surface area contributed by atoms with Gasteiger partial charge in [0.1, 0.15) is 0 Å². The van der Waals surface area contributed by atoms with Gasteiger partial charge in [0.25, 0.3) is 0 Å². The number of piperidine rings is 2. The molecule has 7 aliphatic rings. The molecule has 6 N–H and O–H groups in total. The zero-order valence-electron chi connectivity index (χ0n) is 13.8. The van der Waals surface area contributed by atoms with E-state index in [1.54, 1.807) is 0 Å². The fourth-order valence-electron chi connectivity index (χ4n) is 6.78. The van der Waals surface area contributed by atoms with E-state index in [1.807, 2.05) is 0 Å². The van der Waals surface area contributed by atoms with Crippen molar-refractivity contribution >= 4 is 0 Å². The van der Waals surface area contributed by atoms with Crippen LogP contribution in [0.1, 0.15) is 32.1 Å². The summed E-state index contributed by atoms with van der Waals surface area (Å²) in [5, 5.41) is 23.5. The van der Waals surface area contributed by atoms with Crippen LogP contribution in [0.25, 0.3) is 0 Å². The highest BCUT2D eigenvalue weighted by molar-refractivity contribution is 5.24. The van der Waals surface area contributed by atoms with Gasteiger partial charge in [-0.25, -0.2) is 0 Å². The summed E-state index contributed by atoms with van der Waals surface area (Å²) in [6.45, 7) is 4.56. The molecule has 6 heteroatoms. The van der Waals surface area contributed by atoms with Gasteiger partial charge in [-0.05, 0) is 32.1 Å². The van der Waals surface area contributed by atoms with Crippen molar-refractivity contribution in [2.75, 3.05) is 26.2 Å². The van der Waals surface area contributed by atoms with E-state index in [2.05, 4.69) is 31.9 Å². The van der Waals surface area contributed by atoms with E-state index in [1.165, 1.54) is 32.1 Å². The van der Waals surface area contributed by atoms with Crippen molar-refractivity contribution in [3.8, 4) is 0 Å². The van der Waals surface area contributed by atoms with Gasteiger partial charge in [-0.15, -0.1) is 0 Å². The first-order valence-corrected chi connectivity index (χ1v) is 9.75. The third-order valence-electron chi connectivity index (χ3n) is 7.86. The normalized spacial score (nSPS) is 60.5. The number of nitrogens with one attached hydrogen (secondary N) is 6. The lowest BCUT2D eigenvalue weighted by Gasteiger charge is -2.60. The van der Waals surface area contributed by atoms with Gasteiger partial charge in [0.2, 0.25) is 0 Å². The van der Waals surface area contributed by atoms with E-state index in [4.69, 9.17) is 0 Å². The number of hydrogen-bond donors (Lipinski definition) is 6. The second kappa shape index (κ2) is 4.68. The second-order valence-corrected chi connectivity index (χ2v) is 9.06. The molecule has 0 aromatic carbocycles. The van der Waals surface area contributed by atoms with E-state index in [0.29, 0.717) is 36.3 Å². The van der Waals surface area contributed by atoms with Crippen LogP contribution in [0.4, 0.5) is 0 Å². The Balaban J connectivity index is 1.31. The smallest absolute Gasteiger partial charge is 0.0480 e. The van der Waals surface area contributed by atoms with E-state index < -0.39 is 0 Å². The van der Waals surface area contributed by atoms with Gasteiger partial charge >= 0.3 is 0 Å². The number of rotatable bonds is 2. The van der Waals surface area contributed by atoms with Crippen molar-refractivity contribution < 1.29 is 0 Å². The van der Waals surface area contributed by atoms with Crippen LogP contribution in [0.15, 0.2) is 0 Å². The molecular weight excluding hydrogens is 288 g/mol. The summed E-state index contributed by atoms with van der Waals surface area (Å²) in [4.78, 5) is 0. The van der Waals surface area contributed by atoms with Crippen LogP contribution in [0, 0.1) is 0 Å². The summed E-state index contributed by atoms with van der Waals surface area (Å²) in [5.74, 6) is 0. The van der Waals surface area contributed by atoms with Crippen molar-refractivity contribution in [1.82, 2.24) is 31.9 Å². The van der Waals surface area contributed by atoms with Gasteiger partial charge in [0.05, 0.1) is 0 Å². The highest BCUT2D eigenvalue weighted by Gasteiger charge is 2.60. The van der Waals surface area contributed by atoms with Crippen molar-refractivity contribution in [3.05, 3.63) is 0 Å². The average Bonchev–Trinajstić information content (AvgIpc) is 3.31. The topological polar surface area (TPSA) is 72.2 Å². The molecule has 7 fully saturated rings. The monoisotopic (exact) mass is 318 g/mol. The molecule has 0 radical (unpaired) electrons. The van der Waals surface area contributed by atoms with Crippen LogP contribution in [0.2, 0.25) is 0 Å². The minimum Gasteiger partial charge on any atom is -0.313 e. The Morgan fingerprint density at radius 2 is 1.65 bits per heavy atom. The number of fused-ring (bicyclic) bond motifs is 8. The lowest BCUT2D eigenvalue weighted by molar-refractivity contribution is 0.0207. The third kappa shape index (κ3) is 1.85. The molecular formula is C17H30N6. The van der Waals surface area contributed by atoms with Crippen molar-refractivity contribution in [2.45, 2.75) is 79.4 Å². The highest BCUT2D eigenvalue weighted by atomic mass is 15.3. The Hall–Kier alpha value is -0.240. The summed E-state index contributed by atoms with van der Waals surface area (Å²) in [6.07, 6.45) is 6.60. The maximum Gasteiger partial charge on any atom is 0.0480 e. The van der Waals surface area contributed by atoms with Crippen molar-refractivity contribution in [1.29, 1.82) is 0 Å². The number of hydrogen-bond acceptors (Lipinski definition) is 6. The molecule has 0 spiro atoms. The summed E-state index contributed by atoms with van der Waals surface area (Å²) in [7, 11) is 0. The fraction of sp³-hybridized carbons (Fsp3) is 1.00. The quantitative estimate of drug-likeness (QED) is 0.363. The molecule has 128 valence electrons. The first-order valence-electron chi connectivity index (χ1n) is 9.75. The minimum absolute atomic E-state index is 0.234. The Kier molecular flexibility index (Phi) is 2.85. The zero-order chi connectivity index (χ0) is 15.1. The van der Waals surface area contributed by atoms with Gasteiger partial charge in [-0.3, -0.25) is 0 Å². The summed E-state index contributed by atoms with van der Waals surface area (Å²) in [6, 6.07) is 3.82. The average molecular weight is 318 g/mol. The predicted molar refractivity (Wildman–Crippen MR) is 89.6 cm³/mol. The fourth-order valence-corrected chi connectivity index (χ4v) is 6.78. The van der Waals surface area contributed by atoms with E-state index in [0.717, 1.165) is 26.2 Å². The van der Waals surface area contributed by atoms with Crippen LogP contribution < -0.4 is 31.9 Å². The molecule has 0 saturated carbocycles. The Morgan fingerprint density at radius 3 is 2.43 bits per heavy atom. The first kappa shape index (κ1) is 14.0.